The molecule has 130 valence electrons. The van der Waals surface area contributed by atoms with Gasteiger partial charge in [0.15, 0.2) is 0 Å². The van der Waals surface area contributed by atoms with Gasteiger partial charge in [-0.15, -0.1) is 0 Å². The summed E-state index contributed by atoms with van der Waals surface area (Å²) in [5.74, 6) is 0.558. The van der Waals surface area contributed by atoms with Crippen LogP contribution in [0.3, 0.4) is 0 Å². The number of sulfonamides is 1. The lowest BCUT2D eigenvalue weighted by molar-refractivity contribution is -0.123. The molecule has 1 aromatic rings. The quantitative estimate of drug-likeness (QED) is 0.733. The second kappa shape index (κ2) is 8.88. The van der Waals surface area contributed by atoms with Crippen molar-refractivity contribution >= 4 is 15.9 Å². The average molecular weight is 342 g/mol. The highest BCUT2D eigenvalue weighted by Gasteiger charge is 2.17. The molecule has 0 unspecified atom stereocenters. The molecule has 1 aromatic carbocycles. The maximum atomic E-state index is 11.9. The van der Waals surface area contributed by atoms with Crippen LogP contribution in [0.2, 0.25) is 0 Å². The summed E-state index contributed by atoms with van der Waals surface area (Å²) >= 11 is 0. The van der Waals surface area contributed by atoms with E-state index in [9.17, 15) is 13.2 Å². The number of ether oxygens (including phenoxy) is 1. The Kier molecular flexibility index (Phi) is 7.51. The van der Waals surface area contributed by atoms with Gasteiger partial charge in [0, 0.05) is 25.6 Å². The second-order valence-corrected chi connectivity index (χ2v) is 7.69. The predicted octanol–water partition coefficient (Wildman–Crippen LogP) is 1.27. The van der Waals surface area contributed by atoms with Crippen molar-refractivity contribution in [1.29, 1.82) is 0 Å². The minimum atomic E-state index is -3.32. The number of methoxy groups -OCH3 is 1. The Bertz CT molecular complexity index is 614. The molecule has 1 N–H and O–H groups in total. The summed E-state index contributed by atoms with van der Waals surface area (Å²) in [6, 6.07) is 7.55. The largest absolute Gasteiger partial charge is 0.497 e. The normalized spacial score (nSPS) is 11.7. The Balaban J connectivity index is 2.60. The number of carbonyl (C=O) groups is 1. The Hall–Kier alpha value is -1.60. The van der Waals surface area contributed by atoms with E-state index in [1.54, 1.807) is 21.0 Å². The van der Waals surface area contributed by atoms with Crippen LogP contribution in [-0.4, -0.2) is 51.6 Å². The van der Waals surface area contributed by atoms with E-state index in [-0.39, 0.29) is 18.4 Å². The number of nitrogens with zero attached hydrogens (tertiary/aromatic N) is 1. The van der Waals surface area contributed by atoms with Crippen molar-refractivity contribution < 1.29 is 17.9 Å². The van der Waals surface area contributed by atoms with E-state index in [0.717, 1.165) is 11.3 Å². The SMILES string of the molecule is COc1cccc(CCN(CCNC(=O)C(C)C)S(C)(=O)=O)c1. The van der Waals surface area contributed by atoms with Gasteiger partial charge in [-0.25, -0.2) is 12.7 Å². The molecule has 0 saturated heterocycles. The molecule has 23 heavy (non-hydrogen) atoms. The summed E-state index contributed by atoms with van der Waals surface area (Å²) in [4.78, 5) is 11.5. The number of nitrogens with one attached hydrogen (secondary N) is 1. The first-order valence-corrected chi connectivity index (χ1v) is 9.44. The van der Waals surface area contributed by atoms with E-state index in [0.29, 0.717) is 19.5 Å². The van der Waals surface area contributed by atoms with E-state index in [2.05, 4.69) is 5.32 Å². The molecule has 1 rings (SSSR count). The molecule has 0 fully saturated rings. The fourth-order valence-corrected chi connectivity index (χ4v) is 2.88. The summed E-state index contributed by atoms with van der Waals surface area (Å²) < 4.78 is 30.3. The van der Waals surface area contributed by atoms with Crippen LogP contribution < -0.4 is 10.1 Å². The van der Waals surface area contributed by atoms with Gasteiger partial charge in [0.25, 0.3) is 0 Å². The second-order valence-electron chi connectivity index (χ2n) is 5.71. The summed E-state index contributed by atoms with van der Waals surface area (Å²) in [7, 11) is -1.72. The van der Waals surface area contributed by atoms with Gasteiger partial charge in [-0.1, -0.05) is 26.0 Å². The molecule has 0 radical (unpaired) electrons. The minimum absolute atomic E-state index is 0.0775. The van der Waals surface area contributed by atoms with Gasteiger partial charge < -0.3 is 10.1 Å². The van der Waals surface area contributed by atoms with Gasteiger partial charge in [0.05, 0.1) is 13.4 Å². The van der Waals surface area contributed by atoms with Crippen molar-refractivity contribution in [2.75, 3.05) is 33.0 Å². The average Bonchev–Trinajstić information content (AvgIpc) is 2.49. The van der Waals surface area contributed by atoms with Crippen LogP contribution in [0.5, 0.6) is 5.75 Å². The van der Waals surface area contributed by atoms with E-state index in [1.807, 2.05) is 24.3 Å². The molecule has 0 aliphatic rings. The minimum Gasteiger partial charge on any atom is -0.497 e. The molecular weight excluding hydrogens is 316 g/mol. The topological polar surface area (TPSA) is 75.7 Å². The molecule has 0 aliphatic carbocycles. The van der Waals surface area contributed by atoms with Crippen LogP contribution in [0, 0.1) is 5.92 Å². The van der Waals surface area contributed by atoms with Crippen molar-refractivity contribution in [2.45, 2.75) is 20.3 Å². The maximum Gasteiger partial charge on any atom is 0.222 e. The Labute approximate surface area is 138 Å². The van der Waals surface area contributed by atoms with E-state index < -0.39 is 10.0 Å². The van der Waals surface area contributed by atoms with Gasteiger partial charge >= 0.3 is 0 Å². The van der Waals surface area contributed by atoms with E-state index in [1.165, 1.54) is 10.6 Å². The monoisotopic (exact) mass is 342 g/mol. The first-order chi connectivity index (χ1) is 10.7. The van der Waals surface area contributed by atoms with Crippen LogP contribution in [0.25, 0.3) is 0 Å². The van der Waals surface area contributed by atoms with Crippen molar-refractivity contribution in [3.63, 3.8) is 0 Å². The number of benzene rings is 1. The lowest BCUT2D eigenvalue weighted by atomic mass is 10.1. The molecule has 0 aromatic heterocycles. The summed E-state index contributed by atoms with van der Waals surface area (Å²) in [6.07, 6.45) is 1.77. The van der Waals surface area contributed by atoms with Crippen LogP contribution >= 0.6 is 0 Å². The van der Waals surface area contributed by atoms with Gasteiger partial charge in [-0.2, -0.15) is 0 Å². The molecule has 0 bridgehead atoms. The van der Waals surface area contributed by atoms with Crippen molar-refractivity contribution in [3.8, 4) is 5.75 Å². The lowest BCUT2D eigenvalue weighted by Crippen LogP contribution is -2.40. The summed E-state index contributed by atoms with van der Waals surface area (Å²) in [5.41, 5.74) is 1.00. The number of hydrogen-bond acceptors (Lipinski definition) is 4. The summed E-state index contributed by atoms with van der Waals surface area (Å²) in [6.45, 7) is 4.53. The first kappa shape index (κ1) is 19.4. The highest BCUT2D eigenvalue weighted by molar-refractivity contribution is 7.88. The van der Waals surface area contributed by atoms with Gasteiger partial charge in [-0.05, 0) is 24.1 Å². The van der Waals surface area contributed by atoms with E-state index in [4.69, 9.17) is 4.74 Å². The molecule has 1 amide bonds. The van der Waals surface area contributed by atoms with Crippen LogP contribution in [0.1, 0.15) is 19.4 Å². The zero-order valence-electron chi connectivity index (χ0n) is 14.2. The number of carbonyl (C=O) groups excluding carboxylic acids is 1. The lowest BCUT2D eigenvalue weighted by Gasteiger charge is -2.20. The van der Waals surface area contributed by atoms with Crippen molar-refractivity contribution in [3.05, 3.63) is 29.8 Å². The third-order valence-electron chi connectivity index (χ3n) is 3.44. The summed E-state index contributed by atoms with van der Waals surface area (Å²) in [5, 5.41) is 2.74. The fourth-order valence-electron chi connectivity index (χ4n) is 2.03. The highest BCUT2D eigenvalue weighted by atomic mass is 32.2. The first-order valence-electron chi connectivity index (χ1n) is 7.59. The Morgan fingerprint density at radius 3 is 2.57 bits per heavy atom. The van der Waals surface area contributed by atoms with E-state index >= 15 is 0 Å². The standard InChI is InChI=1S/C16H26N2O4S/c1-13(2)16(19)17-9-11-18(23(4,20)21)10-8-14-6-5-7-15(12-14)22-3/h5-7,12-13H,8-11H2,1-4H3,(H,17,19). The molecule has 0 atom stereocenters. The van der Waals surface area contributed by atoms with Crippen LogP contribution in [0.4, 0.5) is 0 Å². The molecule has 0 aliphatic heterocycles. The van der Waals surface area contributed by atoms with Crippen molar-refractivity contribution in [2.24, 2.45) is 5.92 Å². The number of hydrogen-bond donors (Lipinski definition) is 1. The number of amides is 1. The van der Waals surface area contributed by atoms with Gasteiger partial charge in [0.1, 0.15) is 5.75 Å². The molecule has 0 spiro atoms. The third kappa shape index (κ3) is 7.00. The number of rotatable bonds is 9. The Morgan fingerprint density at radius 1 is 1.30 bits per heavy atom. The van der Waals surface area contributed by atoms with Gasteiger partial charge in [0.2, 0.25) is 15.9 Å². The van der Waals surface area contributed by atoms with Crippen LogP contribution in [0.15, 0.2) is 24.3 Å². The molecule has 0 heterocycles. The Morgan fingerprint density at radius 2 is 2.00 bits per heavy atom. The smallest absolute Gasteiger partial charge is 0.222 e. The predicted molar refractivity (Wildman–Crippen MR) is 91.0 cm³/mol. The molecule has 6 nitrogen and oxygen atoms in total. The zero-order valence-corrected chi connectivity index (χ0v) is 15.0. The molecule has 0 saturated carbocycles. The fraction of sp³-hybridized carbons (Fsp3) is 0.562. The molecule has 7 heteroatoms. The van der Waals surface area contributed by atoms with Crippen LogP contribution in [-0.2, 0) is 21.2 Å². The highest BCUT2D eigenvalue weighted by Crippen LogP contribution is 2.13. The molecular formula is C16H26N2O4S. The third-order valence-corrected chi connectivity index (χ3v) is 4.74. The zero-order chi connectivity index (χ0) is 17.5. The maximum absolute atomic E-state index is 11.9. The van der Waals surface area contributed by atoms with Crippen molar-refractivity contribution in [1.82, 2.24) is 9.62 Å². The van der Waals surface area contributed by atoms with Gasteiger partial charge in [-0.3, -0.25) is 4.79 Å².